The lowest BCUT2D eigenvalue weighted by atomic mass is 9.97. The number of hydrogen-bond acceptors (Lipinski definition) is 4. The van der Waals surface area contributed by atoms with Crippen LogP contribution >= 0.6 is 23.1 Å². The predicted octanol–water partition coefficient (Wildman–Crippen LogP) is 4.02. The first-order valence-corrected chi connectivity index (χ1v) is 9.80. The van der Waals surface area contributed by atoms with Gasteiger partial charge in [-0.2, -0.15) is 0 Å². The summed E-state index contributed by atoms with van der Waals surface area (Å²) in [6.07, 6.45) is 7.07. The molecule has 0 spiro atoms. The number of benzene rings is 1. The van der Waals surface area contributed by atoms with Crippen molar-refractivity contribution < 1.29 is 13.3 Å². The van der Waals surface area contributed by atoms with Crippen LogP contribution in [0.15, 0.2) is 24.3 Å². The summed E-state index contributed by atoms with van der Waals surface area (Å²) in [6, 6.07) is 6.24. The maximum Gasteiger partial charge on any atom is 0.170 e. The molecule has 0 atom stereocenters. The van der Waals surface area contributed by atoms with Gasteiger partial charge in [-0.15, -0.1) is 0 Å². The second-order valence-electron chi connectivity index (χ2n) is 5.31. The quantitative estimate of drug-likeness (QED) is 0.437. The fraction of sp³-hybridized carbons (Fsp3) is 0.438. The van der Waals surface area contributed by atoms with Crippen molar-refractivity contribution in [2.24, 2.45) is 0 Å². The smallest absolute Gasteiger partial charge is 0.170 e. The Balaban J connectivity index is 1.74. The first-order valence-electron chi connectivity index (χ1n) is 7.75. The highest BCUT2D eigenvalue weighted by molar-refractivity contribution is 8.20. The second kappa shape index (κ2) is 8.65. The van der Waals surface area contributed by atoms with Crippen LogP contribution in [0.4, 0.5) is 5.69 Å². The molecule has 1 aromatic carbocycles. The highest BCUT2D eigenvalue weighted by Crippen LogP contribution is 2.39. The van der Waals surface area contributed by atoms with Crippen molar-refractivity contribution in [1.29, 1.82) is 0 Å². The molecule has 0 saturated carbocycles. The molecule has 1 aromatic rings. The molecule has 0 unspecified atom stereocenters. The highest BCUT2D eigenvalue weighted by Gasteiger charge is 2.15. The van der Waals surface area contributed by atoms with Crippen LogP contribution in [0.3, 0.4) is 0 Å². The van der Waals surface area contributed by atoms with Crippen LogP contribution in [-0.2, 0) is 10.6 Å². The van der Waals surface area contributed by atoms with Gasteiger partial charge >= 0.3 is 0 Å². The van der Waals surface area contributed by atoms with E-state index in [-0.39, 0.29) is 5.75 Å². The molecule has 0 aromatic heterocycles. The normalized spacial score (nSPS) is 14.2. The Labute approximate surface area is 144 Å². The van der Waals surface area contributed by atoms with Gasteiger partial charge in [0.2, 0.25) is 0 Å². The molecular formula is C16H24N2O3S2. The lowest BCUT2D eigenvalue weighted by Gasteiger charge is -2.25. The van der Waals surface area contributed by atoms with Gasteiger partial charge in [-0.3, -0.25) is 4.18 Å². The van der Waals surface area contributed by atoms with E-state index >= 15 is 0 Å². The molecule has 1 aliphatic carbocycles. The fourth-order valence-electron chi connectivity index (χ4n) is 2.39. The van der Waals surface area contributed by atoms with Gasteiger partial charge in [-0.1, -0.05) is 18.2 Å². The zero-order valence-corrected chi connectivity index (χ0v) is 14.9. The number of allylic oxidation sites excluding steroid dienone is 1. The molecule has 7 heteroatoms. The maximum atomic E-state index is 9.56. The van der Waals surface area contributed by atoms with E-state index in [4.69, 9.17) is 16.4 Å². The molecule has 4 N–H and O–H groups in total. The summed E-state index contributed by atoms with van der Waals surface area (Å²) < 4.78 is 24.0. The van der Waals surface area contributed by atoms with Gasteiger partial charge in [-0.05, 0) is 61.7 Å². The van der Waals surface area contributed by atoms with E-state index in [1.807, 2.05) is 6.07 Å². The minimum Gasteiger partial charge on any atom is -0.362 e. The molecular weight excluding hydrogens is 332 g/mol. The molecule has 2 rings (SSSR count). The number of aryl methyl sites for hydroxylation is 1. The van der Waals surface area contributed by atoms with Crippen molar-refractivity contribution >= 4 is 40.0 Å². The molecule has 0 radical (unpaired) electrons. The van der Waals surface area contributed by atoms with Crippen LogP contribution in [0.5, 0.6) is 0 Å². The summed E-state index contributed by atoms with van der Waals surface area (Å²) in [4.78, 5) is 0. The van der Waals surface area contributed by atoms with Crippen LogP contribution in [0, 0.1) is 0 Å². The molecule has 0 heterocycles. The minimum atomic E-state index is -2.91. The van der Waals surface area contributed by atoms with Gasteiger partial charge in [0.15, 0.2) is 5.11 Å². The summed E-state index contributed by atoms with van der Waals surface area (Å²) in [7, 11) is -2.91. The average molecular weight is 357 g/mol. The molecule has 1 aliphatic rings. The van der Waals surface area contributed by atoms with E-state index in [1.165, 1.54) is 11.1 Å². The number of fused-ring (bicyclic) bond motifs is 1. The van der Waals surface area contributed by atoms with Crippen LogP contribution < -0.4 is 10.6 Å². The van der Waals surface area contributed by atoms with Crippen molar-refractivity contribution in [3.05, 3.63) is 35.4 Å². The van der Waals surface area contributed by atoms with Crippen molar-refractivity contribution in [3.8, 4) is 0 Å². The summed E-state index contributed by atoms with van der Waals surface area (Å²) in [5, 5.41) is 6.74. The Bertz CT molecular complexity index is 576. The van der Waals surface area contributed by atoms with E-state index in [0.29, 0.717) is 24.7 Å². The Morgan fingerprint density at radius 2 is 2.22 bits per heavy atom. The third-order valence-electron chi connectivity index (χ3n) is 3.46. The Kier molecular flexibility index (Phi) is 6.86. The summed E-state index contributed by atoms with van der Waals surface area (Å²) in [6.45, 7) is 2.58. The Hall–Kier alpha value is -1.12. The molecule has 0 fully saturated rings. The molecule has 23 heavy (non-hydrogen) atoms. The second-order valence-corrected chi connectivity index (χ2v) is 7.57. The summed E-state index contributed by atoms with van der Waals surface area (Å²) in [5.74, 6) is 0.208. The van der Waals surface area contributed by atoms with E-state index in [0.717, 1.165) is 18.5 Å². The van der Waals surface area contributed by atoms with Crippen LogP contribution in [-0.4, -0.2) is 33.1 Å². The van der Waals surface area contributed by atoms with Gasteiger partial charge in [0, 0.05) is 18.0 Å². The number of rotatable bonds is 7. The lowest BCUT2D eigenvalue weighted by Crippen LogP contribution is -2.30. The Morgan fingerprint density at radius 3 is 3.00 bits per heavy atom. The van der Waals surface area contributed by atoms with E-state index in [9.17, 15) is 9.11 Å². The van der Waals surface area contributed by atoms with Crippen LogP contribution in [0.25, 0.3) is 6.08 Å². The maximum absolute atomic E-state index is 9.56. The van der Waals surface area contributed by atoms with Crippen molar-refractivity contribution in [2.45, 2.75) is 26.2 Å². The fourth-order valence-corrected chi connectivity index (χ4v) is 3.63. The third-order valence-corrected chi connectivity index (χ3v) is 5.14. The summed E-state index contributed by atoms with van der Waals surface area (Å²) >= 11 is 5.26. The van der Waals surface area contributed by atoms with Crippen molar-refractivity contribution in [3.63, 3.8) is 0 Å². The first kappa shape index (κ1) is 18.2. The molecule has 128 valence electrons. The molecule has 0 saturated heterocycles. The van der Waals surface area contributed by atoms with Gasteiger partial charge in [0.1, 0.15) is 0 Å². The van der Waals surface area contributed by atoms with E-state index in [2.05, 4.69) is 34.9 Å². The monoisotopic (exact) mass is 356 g/mol. The number of anilines is 1. The zero-order valence-electron chi connectivity index (χ0n) is 13.2. The van der Waals surface area contributed by atoms with Gasteiger partial charge in [-0.25, -0.2) is 0 Å². The Morgan fingerprint density at radius 1 is 1.39 bits per heavy atom. The SMILES string of the molecule is CCOS(O)(O)CCCNC(=S)Nc1ccc2c(c1)C=CCC2. The third kappa shape index (κ3) is 6.12. The zero-order chi connectivity index (χ0) is 16.7. The number of thiocarbonyl (C=S) groups is 1. The van der Waals surface area contributed by atoms with Crippen molar-refractivity contribution in [2.75, 3.05) is 24.2 Å². The van der Waals surface area contributed by atoms with Crippen LogP contribution in [0.2, 0.25) is 0 Å². The topological polar surface area (TPSA) is 73.8 Å². The van der Waals surface area contributed by atoms with Gasteiger partial charge in [0.25, 0.3) is 0 Å². The molecule has 5 nitrogen and oxygen atoms in total. The molecule has 0 amide bonds. The number of hydrogen-bond donors (Lipinski definition) is 4. The van der Waals surface area contributed by atoms with Gasteiger partial charge in [0.05, 0.1) is 17.5 Å². The van der Waals surface area contributed by atoms with Crippen LogP contribution in [0.1, 0.15) is 30.9 Å². The largest absolute Gasteiger partial charge is 0.362 e. The number of nitrogens with one attached hydrogen (secondary N) is 2. The van der Waals surface area contributed by atoms with E-state index in [1.54, 1.807) is 6.92 Å². The molecule has 0 aliphatic heterocycles. The lowest BCUT2D eigenvalue weighted by molar-refractivity contribution is 0.276. The van der Waals surface area contributed by atoms with Crippen molar-refractivity contribution in [1.82, 2.24) is 5.32 Å². The summed E-state index contributed by atoms with van der Waals surface area (Å²) in [5.41, 5.74) is 3.54. The highest BCUT2D eigenvalue weighted by atomic mass is 32.3. The first-order chi connectivity index (χ1) is 11.0. The standard InChI is InChI=1S/C16H24N2O3S2/c1-2-21-23(19,20)11-5-10-17-16(22)18-15-9-8-13-6-3-4-7-14(13)12-15/h4,7-9,12,19-20H,2-3,5-6,10-11H2,1H3,(H2,17,18,22). The van der Waals surface area contributed by atoms with E-state index < -0.39 is 10.9 Å². The average Bonchev–Trinajstić information content (AvgIpc) is 2.51. The molecule has 0 bridgehead atoms. The predicted molar refractivity (Wildman–Crippen MR) is 102 cm³/mol. The minimum absolute atomic E-state index is 0.208. The van der Waals surface area contributed by atoms with Gasteiger partial charge < -0.3 is 19.7 Å².